The van der Waals surface area contributed by atoms with Crippen molar-refractivity contribution < 1.29 is 13.6 Å². The molecule has 4 rings (SSSR count). The third kappa shape index (κ3) is 2.36. The Balaban J connectivity index is 1.59. The summed E-state index contributed by atoms with van der Waals surface area (Å²) in [6, 6.07) is 11.2. The molecule has 116 valence electrons. The third-order valence-corrected chi connectivity index (χ3v) is 3.92. The Morgan fingerprint density at radius 3 is 2.91 bits per heavy atom. The minimum absolute atomic E-state index is 0.321. The second-order valence-electron chi connectivity index (χ2n) is 5.37. The normalized spacial score (nSPS) is 16.5. The van der Waals surface area contributed by atoms with Gasteiger partial charge in [-0.25, -0.2) is 0 Å². The van der Waals surface area contributed by atoms with Gasteiger partial charge in [-0.1, -0.05) is 18.2 Å². The molecule has 0 spiro atoms. The van der Waals surface area contributed by atoms with Gasteiger partial charge < -0.3 is 19.5 Å². The van der Waals surface area contributed by atoms with Crippen molar-refractivity contribution in [3.8, 4) is 11.7 Å². The second-order valence-corrected chi connectivity index (χ2v) is 5.37. The molecule has 1 aliphatic rings. The molecule has 2 N–H and O–H groups in total. The summed E-state index contributed by atoms with van der Waals surface area (Å²) in [5.74, 6) is 0.668. The predicted octanol–water partition coefficient (Wildman–Crippen LogP) is 1.92. The summed E-state index contributed by atoms with van der Waals surface area (Å²) in [6.07, 6.45) is 1.55. The molecule has 1 atom stereocenters. The first kappa shape index (κ1) is 13.6. The Labute approximate surface area is 131 Å². The Bertz CT molecular complexity index is 841. The summed E-state index contributed by atoms with van der Waals surface area (Å²) in [7, 11) is 0. The molecular formula is C16H14N4O3. The topological polar surface area (TPSA) is 98.4 Å². The van der Waals surface area contributed by atoms with Crippen LogP contribution in [0, 0.1) is 0 Å². The molecule has 0 radical (unpaired) electrons. The standard InChI is InChI=1S/C16H14N4O3/c17-15(21)11-8-20(12-5-2-1-4-10(11)12)9-14-18-19-16(23-14)13-6-3-7-22-13/h1-7,11H,8-9H2,(H2,17,21). The Kier molecular flexibility index (Phi) is 3.11. The molecule has 0 saturated heterocycles. The highest BCUT2D eigenvalue weighted by molar-refractivity contribution is 5.87. The number of carbonyl (C=O) groups excluding carboxylic acids is 1. The lowest BCUT2D eigenvalue weighted by molar-refractivity contribution is -0.119. The number of amides is 1. The second kappa shape index (κ2) is 5.28. The van der Waals surface area contributed by atoms with E-state index in [-0.39, 0.29) is 11.8 Å². The van der Waals surface area contributed by atoms with E-state index < -0.39 is 0 Å². The molecule has 0 bridgehead atoms. The Hall–Kier alpha value is -3.09. The molecule has 3 aromatic rings. The maximum absolute atomic E-state index is 11.7. The van der Waals surface area contributed by atoms with E-state index in [2.05, 4.69) is 10.2 Å². The van der Waals surface area contributed by atoms with Crippen molar-refractivity contribution >= 4 is 11.6 Å². The number of nitrogens with zero attached hydrogens (tertiary/aromatic N) is 3. The van der Waals surface area contributed by atoms with Crippen LogP contribution in [0.15, 0.2) is 51.5 Å². The van der Waals surface area contributed by atoms with Crippen LogP contribution in [0.2, 0.25) is 0 Å². The van der Waals surface area contributed by atoms with E-state index in [1.165, 1.54) is 0 Å². The fraction of sp³-hybridized carbons (Fsp3) is 0.188. The van der Waals surface area contributed by atoms with Gasteiger partial charge in [-0.2, -0.15) is 0 Å². The number of carbonyl (C=O) groups is 1. The van der Waals surface area contributed by atoms with Gasteiger partial charge >= 0.3 is 0 Å². The van der Waals surface area contributed by atoms with Crippen LogP contribution in [0.4, 0.5) is 5.69 Å². The van der Waals surface area contributed by atoms with Crippen molar-refractivity contribution in [2.24, 2.45) is 5.73 Å². The zero-order valence-electron chi connectivity index (χ0n) is 12.2. The smallest absolute Gasteiger partial charge is 0.283 e. The predicted molar refractivity (Wildman–Crippen MR) is 81.4 cm³/mol. The molecule has 7 heteroatoms. The van der Waals surface area contributed by atoms with E-state index in [1.54, 1.807) is 18.4 Å². The van der Waals surface area contributed by atoms with Crippen LogP contribution >= 0.6 is 0 Å². The number of para-hydroxylation sites is 1. The Morgan fingerprint density at radius 1 is 1.26 bits per heavy atom. The number of aromatic nitrogens is 2. The first-order valence-electron chi connectivity index (χ1n) is 7.22. The molecule has 1 aliphatic heterocycles. The van der Waals surface area contributed by atoms with Gasteiger partial charge in [0, 0.05) is 12.2 Å². The minimum atomic E-state index is -0.332. The first-order chi connectivity index (χ1) is 11.2. The quantitative estimate of drug-likeness (QED) is 0.790. The molecule has 2 aromatic heterocycles. The maximum atomic E-state index is 11.7. The summed E-state index contributed by atoms with van der Waals surface area (Å²) >= 11 is 0. The molecule has 0 aliphatic carbocycles. The highest BCUT2D eigenvalue weighted by Crippen LogP contribution is 2.36. The van der Waals surface area contributed by atoms with Gasteiger partial charge in [-0.05, 0) is 23.8 Å². The fourth-order valence-corrected chi connectivity index (χ4v) is 2.86. The first-order valence-corrected chi connectivity index (χ1v) is 7.22. The zero-order chi connectivity index (χ0) is 15.8. The lowest BCUT2D eigenvalue weighted by Crippen LogP contribution is -2.28. The van der Waals surface area contributed by atoms with E-state index in [9.17, 15) is 4.79 Å². The number of benzene rings is 1. The zero-order valence-corrected chi connectivity index (χ0v) is 12.2. The summed E-state index contributed by atoms with van der Waals surface area (Å²) < 4.78 is 10.9. The molecule has 1 aromatic carbocycles. The van der Waals surface area contributed by atoms with Crippen LogP contribution < -0.4 is 10.6 Å². The minimum Gasteiger partial charge on any atom is -0.459 e. The van der Waals surface area contributed by atoms with Crippen LogP contribution in [-0.4, -0.2) is 22.6 Å². The van der Waals surface area contributed by atoms with Gasteiger partial charge in [-0.3, -0.25) is 4.79 Å². The molecule has 23 heavy (non-hydrogen) atoms. The van der Waals surface area contributed by atoms with E-state index in [4.69, 9.17) is 14.6 Å². The summed E-state index contributed by atoms with van der Waals surface area (Å²) in [5, 5.41) is 8.03. The van der Waals surface area contributed by atoms with Crippen molar-refractivity contribution in [1.29, 1.82) is 0 Å². The number of anilines is 1. The van der Waals surface area contributed by atoms with E-state index in [0.29, 0.717) is 30.6 Å². The van der Waals surface area contributed by atoms with Crippen LogP contribution in [-0.2, 0) is 11.3 Å². The number of fused-ring (bicyclic) bond motifs is 1. The average Bonchev–Trinajstić information content (AvgIpc) is 3.26. The van der Waals surface area contributed by atoms with Crippen molar-refractivity contribution in [2.45, 2.75) is 12.5 Å². The van der Waals surface area contributed by atoms with E-state index in [1.807, 2.05) is 29.2 Å². The summed E-state index contributed by atoms with van der Waals surface area (Å²) in [6.45, 7) is 0.918. The van der Waals surface area contributed by atoms with Crippen LogP contribution in [0.1, 0.15) is 17.4 Å². The molecule has 1 amide bonds. The van der Waals surface area contributed by atoms with Crippen molar-refractivity contribution in [3.63, 3.8) is 0 Å². The highest BCUT2D eigenvalue weighted by Gasteiger charge is 2.32. The fourth-order valence-electron chi connectivity index (χ4n) is 2.86. The van der Waals surface area contributed by atoms with Gasteiger partial charge in [0.1, 0.15) is 0 Å². The summed E-state index contributed by atoms with van der Waals surface area (Å²) in [4.78, 5) is 13.7. The number of furan rings is 1. The van der Waals surface area contributed by atoms with Crippen LogP contribution in [0.3, 0.4) is 0 Å². The van der Waals surface area contributed by atoms with Gasteiger partial charge in [-0.15, -0.1) is 10.2 Å². The van der Waals surface area contributed by atoms with Gasteiger partial charge in [0.25, 0.3) is 5.89 Å². The van der Waals surface area contributed by atoms with Crippen molar-refractivity contribution in [3.05, 3.63) is 54.1 Å². The monoisotopic (exact) mass is 310 g/mol. The molecule has 0 saturated carbocycles. The SMILES string of the molecule is NC(=O)C1CN(Cc2nnc(-c3ccco3)o2)c2ccccc21. The number of primary amides is 1. The van der Waals surface area contributed by atoms with Crippen LogP contribution in [0.5, 0.6) is 0 Å². The average molecular weight is 310 g/mol. The van der Waals surface area contributed by atoms with E-state index >= 15 is 0 Å². The Morgan fingerprint density at radius 2 is 2.13 bits per heavy atom. The lowest BCUT2D eigenvalue weighted by Gasteiger charge is -2.16. The lowest BCUT2D eigenvalue weighted by atomic mass is 10.0. The van der Waals surface area contributed by atoms with Gasteiger partial charge in [0.15, 0.2) is 5.76 Å². The molecule has 7 nitrogen and oxygen atoms in total. The molecular weight excluding hydrogens is 296 g/mol. The number of hydrogen-bond acceptors (Lipinski definition) is 6. The molecule has 0 fully saturated rings. The maximum Gasteiger partial charge on any atom is 0.283 e. The van der Waals surface area contributed by atoms with Crippen molar-refractivity contribution in [2.75, 3.05) is 11.4 Å². The number of nitrogens with two attached hydrogens (primary N) is 1. The third-order valence-electron chi connectivity index (χ3n) is 3.92. The largest absolute Gasteiger partial charge is 0.459 e. The molecule has 1 unspecified atom stereocenters. The number of rotatable bonds is 4. The van der Waals surface area contributed by atoms with E-state index in [0.717, 1.165) is 11.3 Å². The number of hydrogen-bond donors (Lipinski definition) is 1. The summed E-state index contributed by atoms with van der Waals surface area (Å²) in [5.41, 5.74) is 7.41. The van der Waals surface area contributed by atoms with Crippen molar-refractivity contribution in [1.82, 2.24) is 10.2 Å². The van der Waals surface area contributed by atoms with Gasteiger partial charge in [0.05, 0.1) is 18.7 Å². The van der Waals surface area contributed by atoms with Crippen LogP contribution in [0.25, 0.3) is 11.7 Å². The van der Waals surface area contributed by atoms with Gasteiger partial charge in [0.2, 0.25) is 11.8 Å². The highest BCUT2D eigenvalue weighted by atomic mass is 16.4. The molecule has 3 heterocycles.